The standard InChI is InChI=1S/C10H16N2O3S.ClH/c1-15-5-8(11)10(14)12-4-9(13)7-2-3-16-6-7;/h2-3,6,8-9,13H,4-5,11H2,1H3,(H,12,14);1H. The predicted molar refractivity (Wildman–Crippen MR) is 69.4 cm³/mol. The number of nitrogens with one attached hydrogen (secondary N) is 1. The number of aliphatic hydroxyl groups excluding tert-OH is 1. The molecule has 4 N–H and O–H groups in total. The SMILES string of the molecule is COCC(N)C(=O)NCC(O)c1ccsc1.Cl. The smallest absolute Gasteiger partial charge is 0.239 e. The Hall–Kier alpha value is -0.660. The van der Waals surface area contributed by atoms with Crippen LogP contribution in [0.1, 0.15) is 11.7 Å². The monoisotopic (exact) mass is 280 g/mol. The molecule has 1 aromatic rings. The molecular weight excluding hydrogens is 264 g/mol. The van der Waals surface area contributed by atoms with Gasteiger partial charge in [0.2, 0.25) is 5.91 Å². The number of hydrogen-bond donors (Lipinski definition) is 3. The van der Waals surface area contributed by atoms with Gasteiger partial charge in [0.15, 0.2) is 0 Å². The Bertz CT molecular complexity index is 321. The summed E-state index contributed by atoms with van der Waals surface area (Å²) in [7, 11) is 1.48. The van der Waals surface area contributed by atoms with Crippen LogP contribution in [-0.4, -0.2) is 37.3 Å². The van der Waals surface area contributed by atoms with E-state index in [1.807, 2.05) is 16.8 Å². The van der Waals surface area contributed by atoms with E-state index in [1.54, 1.807) is 0 Å². The van der Waals surface area contributed by atoms with E-state index in [0.29, 0.717) is 0 Å². The molecular formula is C10H17ClN2O3S. The average Bonchev–Trinajstić information content (AvgIpc) is 2.79. The molecule has 0 saturated heterocycles. The van der Waals surface area contributed by atoms with E-state index in [0.717, 1.165) is 5.56 Å². The summed E-state index contributed by atoms with van der Waals surface area (Å²) in [5.41, 5.74) is 6.31. The lowest BCUT2D eigenvalue weighted by atomic mass is 10.2. The van der Waals surface area contributed by atoms with E-state index in [1.165, 1.54) is 18.4 Å². The zero-order valence-corrected chi connectivity index (χ0v) is 11.1. The lowest BCUT2D eigenvalue weighted by molar-refractivity contribution is -0.123. The van der Waals surface area contributed by atoms with Crippen molar-refractivity contribution in [2.75, 3.05) is 20.3 Å². The van der Waals surface area contributed by atoms with Crippen LogP contribution < -0.4 is 11.1 Å². The molecule has 2 unspecified atom stereocenters. The molecule has 0 aliphatic heterocycles. The Balaban J connectivity index is 0.00000256. The summed E-state index contributed by atoms with van der Waals surface area (Å²) < 4.78 is 4.76. The highest BCUT2D eigenvalue weighted by Crippen LogP contribution is 2.14. The van der Waals surface area contributed by atoms with E-state index in [2.05, 4.69) is 5.32 Å². The van der Waals surface area contributed by atoms with Gasteiger partial charge in [-0.05, 0) is 22.4 Å². The first-order chi connectivity index (χ1) is 7.65. The summed E-state index contributed by atoms with van der Waals surface area (Å²) in [6.07, 6.45) is -0.690. The molecule has 0 spiro atoms. The van der Waals surface area contributed by atoms with Crippen molar-refractivity contribution in [3.8, 4) is 0 Å². The Morgan fingerprint density at radius 1 is 1.71 bits per heavy atom. The molecule has 98 valence electrons. The van der Waals surface area contributed by atoms with Crippen LogP contribution in [0, 0.1) is 0 Å². The first-order valence-electron chi connectivity index (χ1n) is 4.87. The summed E-state index contributed by atoms with van der Waals surface area (Å²) >= 11 is 1.50. The average molecular weight is 281 g/mol. The molecule has 0 saturated carbocycles. The Morgan fingerprint density at radius 2 is 2.41 bits per heavy atom. The van der Waals surface area contributed by atoms with E-state index >= 15 is 0 Å². The Morgan fingerprint density at radius 3 is 2.94 bits per heavy atom. The van der Waals surface area contributed by atoms with Crippen LogP contribution in [-0.2, 0) is 9.53 Å². The van der Waals surface area contributed by atoms with Crippen LogP contribution in [0.3, 0.4) is 0 Å². The summed E-state index contributed by atoms with van der Waals surface area (Å²) in [4.78, 5) is 11.4. The van der Waals surface area contributed by atoms with Crippen LogP contribution in [0.4, 0.5) is 0 Å². The second-order valence-electron chi connectivity index (χ2n) is 3.38. The molecule has 1 aromatic heterocycles. The third-order valence-corrected chi connectivity index (χ3v) is 2.78. The number of carbonyl (C=O) groups is 1. The third-order valence-electron chi connectivity index (χ3n) is 2.08. The van der Waals surface area contributed by atoms with E-state index in [9.17, 15) is 9.90 Å². The molecule has 1 amide bonds. The van der Waals surface area contributed by atoms with Gasteiger partial charge in [0.1, 0.15) is 6.04 Å². The van der Waals surface area contributed by atoms with Gasteiger partial charge in [0.05, 0.1) is 12.7 Å². The quantitative estimate of drug-likeness (QED) is 0.699. The zero-order valence-electron chi connectivity index (χ0n) is 9.46. The van der Waals surface area contributed by atoms with Crippen LogP contribution in [0.25, 0.3) is 0 Å². The second-order valence-corrected chi connectivity index (χ2v) is 4.16. The number of hydrogen-bond acceptors (Lipinski definition) is 5. The lowest BCUT2D eigenvalue weighted by Gasteiger charge is -2.14. The van der Waals surface area contributed by atoms with Crippen LogP contribution >= 0.6 is 23.7 Å². The number of aliphatic hydroxyl groups is 1. The molecule has 5 nitrogen and oxygen atoms in total. The molecule has 0 aliphatic rings. The predicted octanol–water partition coefficient (Wildman–Crippen LogP) is 0.293. The van der Waals surface area contributed by atoms with E-state index in [-0.39, 0.29) is 31.5 Å². The van der Waals surface area contributed by atoms with Crippen molar-refractivity contribution in [1.29, 1.82) is 0 Å². The van der Waals surface area contributed by atoms with Gasteiger partial charge in [-0.3, -0.25) is 4.79 Å². The number of ether oxygens (including phenoxy) is 1. The van der Waals surface area contributed by atoms with E-state index < -0.39 is 12.1 Å². The highest BCUT2D eigenvalue weighted by molar-refractivity contribution is 7.07. The maximum Gasteiger partial charge on any atom is 0.239 e. The molecule has 0 bridgehead atoms. The molecule has 0 fully saturated rings. The largest absolute Gasteiger partial charge is 0.387 e. The molecule has 17 heavy (non-hydrogen) atoms. The summed E-state index contributed by atoms with van der Waals surface area (Å²) in [5.74, 6) is -0.323. The van der Waals surface area contributed by atoms with Crippen LogP contribution in [0.5, 0.6) is 0 Å². The molecule has 1 heterocycles. The lowest BCUT2D eigenvalue weighted by Crippen LogP contribution is -2.44. The minimum Gasteiger partial charge on any atom is -0.387 e. The number of carbonyl (C=O) groups excluding carboxylic acids is 1. The number of methoxy groups -OCH3 is 1. The van der Waals surface area contributed by atoms with Crippen molar-refractivity contribution in [3.63, 3.8) is 0 Å². The summed E-state index contributed by atoms with van der Waals surface area (Å²) in [5, 5.41) is 16.0. The molecule has 0 aliphatic carbocycles. The summed E-state index contributed by atoms with van der Waals surface area (Å²) in [6.45, 7) is 0.327. The van der Waals surface area contributed by atoms with Gasteiger partial charge in [-0.2, -0.15) is 11.3 Å². The highest BCUT2D eigenvalue weighted by Gasteiger charge is 2.15. The van der Waals surface area contributed by atoms with Crippen molar-refractivity contribution in [3.05, 3.63) is 22.4 Å². The fourth-order valence-electron chi connectivity index (χ4n) is 1.17. The van der Waals surface area contributed by atoms with Crippen molar-refractivity contribution >= 4 is 29.7 Å². The van der Waals surface area contributed by atoms with Gasteiger partial charge in [-0.15, -0.1) is 12.4 Å². The molecule has 0 radical (unpaired) electrons. The maximum atomic E-state index is 11.4. The Kier molecular flexibility index (Phi) is 8.11. The number of halogens is 1. The number of rotatable bonds is 6. The van der Waals surface area contributed by atoms with Gasteiger partial charge in [0.25, 0.3) is 0 Å². The number of amides is 1. The van der Waals surface area contributed by atoms with Crippen molar-refractivity contribution in [1.82, 2.24) is 5.32 Å². The topological polar surface area (TPSA) is 84.6 Å². The second kappa shape index (κ2) is 8.43. The molecule has 1 rings (SSSR count). The first-order valence-corrected chi connectivity index (χ1v) is 5.81. The Labute approximate surface area is 110 Å². The molecule has 2 atom stereocenters. The van der Waals surface area contributed by atoms with Gasteiger partial charge < -0.3 is 20.9 Å². The fourth-order valence-corrected chi connectivity index (χ4v) is 1.87. The van der Waals surface area contributed by atoms with Crippen LogP contribution in [0.15, 0.2) is 16.8 Å². The minimum atomic E-state index is -0.695. The fraction of sp³-hybridized carbons (Fsp3) is 0.500. The zero-order chi connectivity index (χ0) is 12.0. The van der Waals surface area contributed by atoms with Gasteiger partial charge in [-0.25, -0.2) is 0 Å². The molecule has 0 aromatic carbocycles. The highest BCUT2D eigenvalue weighted by atomic mass is 35.5. The summed E-state index contributed by atoms with van der Waals surface area (Å²) in [6, 6.07) is 1.12. The van der Waals surface area contributed by atoms with Gasteiger partial charge in [0, 0.05) is 13.7 Å². The van der Waals surface area contributed by atoms with Crippen molar-refractivity contribution in [2.24, 2.45) is 5.73 Å². The first kappa shape index (κ1) is 16.3. The van der Waals surface area contributed by atoms with Crippen molar-refractivity contribution < 1.29 is 14.6 Å². The number of thiophene rings is 1. The minimum absolute atomic E-state index is 0. The van der Waals surface area contributed by atoms with Crippen molar-refractivity contribution in [2.45, 2.75) is 12.1 Å². The number of nitrogens with two attached hydrogens (primary N) is 1. The van der Waals surface area contributed by atoms with Crippen LogP contribution in [0.2, 0.25) is 0 Å². The normalized spacial score (nSPS) is 13.6. The van der Waals surface area contributed by atoms with Gasteiger partial charge >= 0.3 is 0 Å². The van der Waals surface area contributed by atoms with Gasteiger partial charge in [-0.1, -0.05) is 0 Å². The van der Waals surface area contributed by atoms with E-state index in [4.69, 9.17) is 10.5 Å². The maximum absolute atomic E-state index is 11.4. The third kappa shape index (κ3) is 5.47. The molecule has 7 heteroatoms.